The van der Waals surface area contributed by atoms with Crippen LogP contribution in [0.2, 0.25) is 0 Å². The van der Waals surface area contributed by atoms with E-state index in [1.54, 1.807) is 30.5 Å². The summed E-state index contributed by atoms with van der Waals surface area (Å²) in [5, 5.41) is 3.15. The number of aryl methyl sites for hydroxylation is 1. The third kappa shape index (κ3) is 3.03. The van der Waals surface area contributed by atoms with Crippen molar-refractivity contribution in [3.8, 4) is 5.88 Å². The Bertz CT molecular complexity index is 632. The Morgan fingerprint density at radius 3 is 2.62 bits per heavy atom. The summed E-state index contributed by atoms with van der Waals surface area (Å²) < 4.78 is 33.3. The monoisotopic (exact) mass is 292 g/mol. The average molecular weight is 292 g/mol. The predicted octanol–water partition coefficient (Wildman–Crippen LogP) is 3.38. The fourth-order valence-electron chi connectivity index (χ4n) is 2.27. The molecule has 1 aromatic carbocycles. The van der Waals surface area contributed by atoms with E-state index in [0.29, 0.717) is 18.0 Å². The molecule has 0 aliphatic heterocycles. The van der Waals surface area contributed by atoms with Crippen LogP contribution < -0.4 is 10.1 Å². The Hall–Kier alpha value is -2.01. The summed E-state index contributed by atoms with van der Waals surface area (Å²) in [6.45, 7) is 4.03. The molecular weight excluding hydrogens is 274 g/mol. The number of ether oxygens (including phenoxy) is 1. The van der Waals surface area contributed by atoms with Gasteiger partial charge in [0.05, 0.1) is 13.2 Å². The Labute approximate surface area is 123 Å². The summed E-state index contributed by atoms with van der Waals surface area (Å²) in [6, 6.07) is 6.17. The minimum absolute atomic E-state index is 0.242. The van der Waals surface area contributed by atoms with Gasteiger partial charge in [-0.15, -0.1) is 0 Å². The van der Waals surface area contributed by atoms with Crippen molar-refractivity contribution in [2.45, 2.75) is 19.9 Å². The standard InChI is InChI=1S/C16H18F2N2O/c1-4-19-15(12-6-5-9-20-16(12)21-3)11-8-7-10(2)13(17)14(11)18/h5-9,15,19H,4H2,1-3H3. The minimum Gasteiger partial charge on any atom is -0.481 e. The van der Waals surface area contributed by atoms with Crippen molar-refractivity contribution in [3.05, 3.63) is 58.8 Å². The van der Waals surface area contributed by atoms with Gasteiger partial charge in [0, 0.05) is 17.3 Å². The van der Waals surface area contributed by atoms with Crippen molar-refractivity contribution in [2.75, 3.05) is 13.7 Å². The molecule has 0 radical (unpaired) electrons. The molecule has 1 N–H and O–H groups in total. The van der Waals surface area contributed by atoms with E-state index in [0.717, 1.165) is 0 Å². The molecule has 0 saturated carbocycles. The van der Waals surface area contributed by atoms with E-state index in [9.17, 15) is 8.78 Å². The average Bonchev–Trinajstić information content (AvgIpc) is 2.51. The lowest BCUT2D eigenvalue weighted by atomic mass is 9.97. The number of halogens is 2. The highest BCUT2D eigenvalue weighted by Crippen LogP contribution is 2.31. The van der Waals surface area contributed by atoms with Gasteiger partial charge in [-0.2, -0.15) is 0 Å². The van der Waals surface area contributed by atoms with E-state index >= 15 is 0 Å². The first-order valence-electron chi connectivity index (χ1n) is 6.76. The molecule has 5 heteroatoms. The summed E-state index contributed by atoms with van der Waals surface area (Å²) in [6.07, 6.45) is 1.59. The highest BCUT2D eigenvalue weighted by Gasteiger charge is 2.23. The number of hydrogen-bond acceptors (Lipinski definition) is 3. The van der Waals surface area contributed by atoms with Gasteiger partial charge in [0.2, 0.25) is 5.88 Å². The molecule has 0 fully saturated rings. The number of nitrogens with one attached hydrogen (secondary N) is 1. The first kappa shape index (κ1) is 15.4. The third-order valence-electron chi connectivity index (χ3n) is 3.33. The third-order valence-corrected chi connectivity index (χ3v) is 3.33. The summed E-state index contributed by atoms with van der Waals surface area (Å²) in [4.78, 5) is 4.12. The smallest absolute Gasteiger partial charge is 0.218 e. The minimum atomic E-state index is -0.841. The molecule has 0 aliphatic carbocycles. The number of rotatable bonds is 5. The lowest BCUT2D eigenvalue weighted by Crippen LogP contribution is -2.24. The molecular formula is C16H18F2N2O. The van der Waals surface area contributed by atoms with Gasteiger partial charge in [0.1, 0.15) is 0 Å². The van der Waals surface area contributed by atoms with Crippen LogP contribution in [0.25, 0.3) is 0 Å². The van der Waals surface area contributed by atoms with Gasteiger partial charge in [-0.05, 0) is 25.1 Å². The van der Waals surface area contributed by atoms with Crippen LogP contribution in [0.1, 0.15) is 29.7 Å². The molecule has 1 unspecified atom stereocenters. The maximum absolute atomic E-state index is 14.3. The maximum atomic E-state index is 14.3. The van der Waals surface area contributed by atoms with E-state index in [-0.39, 0.29) is 11.1 Å². The van der Waals surface area contributed by atoms with Crippen molar-refractivity contribution in [2.24, 2.45) is 0 Å². The fraction of sp³-hybridized carbons (Fsp3) is 0.312. The molecule has 0 amide bonds. The first-order chi connectivity index (χ1) is 10.1. The molecule has 2 aromatic rings. The quantitative estimate of drug-likeness (QED) is 0.917. The van der Waals surface area contributed by atoms with Crippen molar-refractivity contribution < 1.29 is 13.5 Å². The lowest BCUT2D eigenvalue weighted by molar-refractivity contribution is 0.385. The first-order valence-corrected chi connectivity index (χ1v) is 6.76. The highest BCUT2D eigenvalue weighted by molar-refractivity contribution is 5.39. The van der Waals surface area contributed by atoms with E-state index < -0.39 is 17.7 Å². The van der Waals surface area contributed by atoms with Gasteiger partial charge in [-0.1, -0.05) is 25.1 Å². The number of benzene rings is 1. The van der Waals surface area contributed by atoms with Crippen LogP contribution in [0.5, 0.6) is 5.88 Å². The zero-order chi connectivity index (χ0) is 15.4. The molecule has 21 heavy (non-hydrogen) atoms. The van der Waals surface area contributed by atoms with E-state index in [4.69, 9.17) is 4.74 Å². The van der Waals surface area contributed by atoms with Crippen molar-refractivity contribution in [1.29, 1.82) is 0 Å². The Balaban J connectivity index is 2.56. The van der Waals surface area contributed by atoms with Crippen molar-refractivity contribution >= 4 is 0 Å². The number of nitrogens with zero attached hydrogens (tertiary/aromatic N) is 1. The van der Waals surface area contributed by atoms with Gasteiger partial charge in [-0.3, -0.25) is 0 Å². The molecule has 3 nitrogen and oxygen atoms in total. The fourth-order valence-corrected chi connectivity index (χ4v) is 2.27. The maximum Gasteiger partial charge on any atom is 0.218 e. The second-order valence-corrected chi connectivity index (χ2v) is 4.69. The lowest BCUT2D eigenvalue weighted by Gasteiger charge is -2.21. The van der Waals surface area contributed by atoms with Gasteiger partial charge in [0.15, 0.2) is 11.6 Å². The van der Waals surface area contributed by atoms with Gasteiger partial charge < -0.3 is 10.1 Å². The predicted molar refractivity (Wildman–Crippen MR) is 77.4 cm³/mol. The van der Waals surface area contributed by atoms with E-state index in [1.165, 1.54) is 14.0 Å². The Morgan fingerprint density at radius 2 is 1.95 bits per heavy atom. The van der Waals surface area contributed by atoms with Crippen LogP contribution in [0, 0.1) is 18.6 Å². The zero-order valence-electron chi connectivity index (χ0n) is 12.3. The number of aromatic nitrogens is 1. The van der Waals surface area contributed by atoms with E-state index in [1.807, 2.05) is 6.92 Å². The molecule has 1 atom stereocenters. The van der Waals surface area contributed by atoms with Crippen LogP contribution in [0.3, 0.4) is 0 Å². The molecule has 1 heterocycles. The second kappa shape index (κ2) is 6.63. The van der Waals surface area contributed by atoms with Crippen molar-refractivity contribution in [1.82, 2.24) is 10.3 Å². The van der Waals surface area contributed by atoms with Crippen LogP contribution in [-0.4, -0.2) is 18.6 Å². The van der Waals surface area contributed by atoms with Gasteiger partial charge >= 0.3 is 0 Å². The van der Waals surface area contributed by atoms with Gasteiger partial charge in [-0.25, -0.2) is 13.8 Å². The highest BCUT2D eigenvalue weighted by atomic mass is 19.2. The van der Waals surface area contributed by atoms with Crippen LogP contribution in [0.15, 0.2) is 30.5 Å². The number of pyridine rings is 1. The molecule has 1 aromatic heterocycles. The van der Waals surface area contributed by atoms with Crippen LogP contribution in [-0.2, 0) is 0 Å². The summed E-state index contributed by atoms with van der Waals surface area (Å²) >= 11 is 0. The number of methoxy groups -OCH3 is 1. The molecule has 0 aliphatic rings. The largest absolute Gasteiger partial charge is 0.481 e. The topological polar surface area (TPSA) is 34.2 Å². The normalized spacial score (nSPS) is 12.2. The Kier molecular flexibility index (Phi) is 4.85. The molecule has 2 rings (SSSR count). The van der Waals surface area contributed by atoms with Crippen LogP contribution >= 0.6 is 0 Å². The molecule has 0 spiro atoms. The SMILES string of the molecule is CCNC(c1cccnc1OC)c1ccc(C)c(F)c1F. The van der Waals surface area contributed by atoms with Crippen LogP contribution in [0.4, 0.5) is 8.78 Å². The van der Waals surface area contributed by atoms with Crippen molar-refractivity contribution in [3.63, 3.8) is 0 Å². The summed E-state index contributed by atoms with van der Waals surface area (Å²) in [5.41, 5.74) is 1.19. The molecule has 0 saturated heterocycles. The second-order valence-electron chi connectivity index (χ2n) is 4.69. The van der Waals surface area contributed by atoms with E-state index in [2.05, 4.69) is 10.3 Å². The van der Waals surface area contributed by atoms with Gasteiger partial charge in [0.25, 0.3) is 0 Å². The zero-order valence-corrected chi connectivity index (χ0v) is 12.3. The molecule has 0 bridgehead atoms. The summed E-state index contributed by atoms with van der Waals surface area (Å²) in [5.74, 6) is -1.27. The Morgan fingerprint density at radius 1 is 1.19 bits per heavy atom. The molecule has 112 valence electrons. The number of hydrogen-bond donors (Lipinski definition) is 1. The summed E-state index contributed by atoms with van der Waals surface area (Å²) in [7, 11) is 1.50.